The van der Waals surface area contributed by atoms with Gasteiger partial charge in [-0.25, -0.2) is 0 Å². The summed E-state index contributed by atoms with van der Waals surface area (Å²) in [4.78, 5) is 10.5. The molecule has 3 heterocycles. The first-order chi connectivity index (χ1) is 11.7. The molecule has 0 aliphatic carbocycles. The van der Waals surface area contributed by atoms with Gasteiger partial charge in [-0.1, -0.05) is 36.9 Å². The van der Waals surface area contributed by atoms with Crippen LogP contribution in [0.2, 0.25) is 0 Å². The number of hydrogen-bond acceptors (Lipinski definition) is 5. The lowest BCUT2D eigenvalue weighted by Gasteiger charge is -2.27. The molecule has 4 rings (SSSR count). The number of aliphatic imine (C=N–C) groups is 2. The van der Waals surface area contributed by atoms with Crippen molar-refractivity contribution in [1.82, 2.24) is 5.32 Å². The second kappa shape index (κ2) is 6.51. The van der Waals surface area contributed by atoms with Crippen LogP contribution in [0.5, 0.6) is 11.5 Å². The Kier molecular flexibility index (Phi) is 4.22. The first-order valence-electron chi connectivity index (χ1n) is 8.37. The van der Waals surface area contributed by atoms with E-state index < -0.39 is 0 Å². The molecule has 0 aromatic heterocycles. The van der Waals surface area contributed by atoms with Gasteiger partial charge in [-0.2, -0.15) is 0 Å². The fourth-order valence-corrected chi connectivity index (χ4v) is 4.16. The van der Waals surface area contributed by atoms with Crippen molar-refractivity contribution in [2.24, 2.45) is 15.9 Å². The van der Waals surface area contributed by atoms with Crippen molar-refractivity contribution >= 4 is 23.9 Å². The summed E-state index contributed by atoms with van der Waals surface area (Å²) in [6.07, 6.45) is 4.96. The Morgan fingerprint density at radius 3 is 3.04 bits per heavy atom. The lowest BCUT2D eigenvalue weighted by Crippen LogP contribution is -2.38. The normalized spacial score (nSPS) is 30.5. The van der Waals surface area contributed by atoms with E-state index in [-0.39, 0.29) is 17.4 Å². The second-order valence-electron chi connectivity index (χ2n) is 6.16. The summed E-state index contributed by atoms with van der Waals surface area (Å²) in [5.74, 6) is 2.81. The van der Waals surface area contributed by atoms with E-state index in [0.717, 1.165) is 23.8 Å². The molecule has 126 valence electrons. The van der Waals surface area contributed by atoms with Gasteiger partial charge in [0.2, 0.25) is 0 Å². The number of ether oxygens (including phenoxy) is 2. The maximum absolute atomic E-state index is 6.13. The van der Waals surface area contributed by atoms with Crippen LogP contribution < -0.4 is 14.8 Å². The molecule has 0 radical (unpaired) electrons. The summed E-state index contributed by atoms with van der Waals surface area (Å²) < 4.78 is 12.0. The van der Waals surface area contributed by atoms with Crippen LogP contribution in [0.1, 0.15) is 20.3 Å². The summed E-state index contributed by atoms with van der Waals surface area (Å²) in [5.41, 5.74) is 0. The highest BCUT2D eigenvalue weighted by atomic mass is 32.2. The quantitative estimate of drug-likeness (QED) is 0.915. The number of hydrogen-bond donors (Lipinski definition) is 1. The average Bonchev–Trinajstić information content (AvgIpc) is 3.06. The monoisotopic (exact) mass is 343 g/mol. The molecule has 5 nitrogen and oxygen atoms in total. The van der Waals surface area contributed by atoms with Crippen molar-refractivity contribution in [2.45, 2.75) is 37.8 Å². The molecule has 0 unspecified atom stereocenters. The molecule has 6 heteroatoms. The smallest absolute Gasteiger partial charge is 0.163 e. The van der Waals surface area contributed by atoms with Crippen LogP contribution >= 0.6 is 11.8 Å². The van der Waals surface area contributed by atoms with Crippen LogP contribution in [0.3, 0.4) is 0 Å². The Hall–Kier alpha value is -1.95. The number of fused-ring (bicyclic) bond motifs is 2. The summed E-state index contributed by atoms with van der Waals surface area (Å²) in [7, 11) is 0. The maximum Gasteiger partial charge on any atom is 0.163 e. The highest BCUT2D eigenvalue weighted by Gasteiger charge is 2.38. The van der Waals surface area contributed by atoms with Gasteiger partial charge in [0.05, 0.1) is 12.3 Å². The molecule has 0 amide bonds. The van der Waals surface area contributed by atoms with Crippen LogP contribution in [0, 0.1) is 5.92 Å². The van der Waals surface area contributed by atoms with E-state index in [1.807, 2.05) is 24.3 Å². The SMILES string of the molecule is CC[C@H](C)N=C1NC=N[C@H]2SC([C@@H]3COc4ccccc4O3)=C[C@H]12. The number of rotatable bonds is 3. The van der Waals surface area contributed by atoms with E-state index in [0.29, 0.717) is 12.6 Å². The van der Waals surface area contributed by atoms with Crippen molar-refractivity contribution in [3.63, 3.8) is 0 Å². The molecule has 0 spiro atoms. The molecule has 1 aromatic carbocycles. The van der Waals surface area contributed by atoms with Gasteiger partial charge in [-0.15, -0.1) is 0 Å². The maximum atomic E-state index is 6.13. The van der Waals surface area contributed by atoms with Crippen molar-refractivity contribution in [3.8, 4) is 11.5 Å². The largest absolute Gasteiger partial charge is 0.485 e. The first kappa shape index (κ1) is 15.6. The minimum atomic E-state index is -0.0736. The first-order valence-corrected chi connectivity index (χ1v) is 9.25. The number of benzene rings is 1. The van der Waals surface area contributed by atoms with Crippen LogP contribution in [-0.4, -0.2) is 36.3 Å². The van der Waals surface area contributed by atoms with E-state index >= 15 is 0 Å². The lowest BCUT2D eigenvalue weighted by atomic mass is 10.1. The summed E-state index contributed by atoms with van der Waals surface area (Å²) in [6.45, 7) is 4.82. The number of thioether (sulfide) groups is 1. The minimum Gasteiger partial charge on any atom is -0.485 e. The van der Waals surface area contributed by atoms with Gasteiger partial charge >= 0.3 is 0 Å². The van der Waals surface area contributed by atoms with E-state index in [1.54, 1.807) is 18.1 Å². The van der Waals surface area contributed by atoms with Crippen LogP contribution in [0.25, 0.3) is 0 Å². The van der Waals surface area contributed by atoms with Gasteiger partial charge in [-0.05, 0) is 25.5 Å². The zero-order valence-corrected chi connectivity index (χ0v) is 14.6. The van der Waals surface area contributed by atoms with Crippen molar-refractivity contribution in [1.29, 1.82) is 0 Å². The number of nitrogens with zero attached hydrogens (tertiary/aromatic N) is 2. The van der Waals surface area contributed by atoms with Crippen molar-refractivity contribution in [2.75, 3.05) is 6.61 Å². The summed E-state index contributed by atoms with van der Waals surface area (Å²) >= 11 is 1.75. The highest BCUT2D eigenvalue weighted by molar-refractivity contribution is 8.04. The van der Waals surface area contributed by atoms with Crippen LogP contribution in [0.15, 0.2) is 45.2 Å². The lowest BCUT2D eigenvalue weighted by molar-refractivity contribution is 0.120. The van der Waals surface area contributed by atoms with Crippen LogP contribution in [-0.2, 0) is 0 Å². The van der Waals surface area contributed by atoms with Gasteiger partial charge in [0.1, 0.15) is 17.8 Å². The number of para-hydroxylation sites is 2. The van der Waals surface area contributed by atoms with Crippen molar-refractivity contribution < 1.29 is 9.47 Å². The van der Waals surface area contributed by atoms with Gasteiger partial charge in [-0.3, -0.25) is 9.98 Å². The Morgan fingerprint density at radius 1 is 1.38 bits per heavy atom. The third-order valence-electron chi connectivity index (χ3n) is 4.43. The van der Waals surface area contributed by atoms with Gasteiger partial charge in [0.15, 0.2) is 17.6 Å². The fourth-order valence-electron chi connectivity index (χ4n) is 2.92. The van der Waals surface area contributed by atoms with Crippen LogP contribution in [0.4, 0.5) is 0 Å². The fraction of sp³-hybridized carbons (Fsp3) is 0.444. The van der Waals surface area contributed by atoms with Gasteiger partial charge in [0.25, 0.3) is 0 Å². The van der Waals surface area contributed by atoms with Crippen molar-refractivity contribution in [3.05, 3.63) is 35.2 Å². The predicted molar refractivity (Wildman–Crippen MR) is 98.1 cm³/mol. The Balaban J connectivity index is 1.55. The molecule has 0 bridgehead atoms. The minimum absolute atomic E-state index is 0.0736. The second-order valence-corrected chi connectivity index (χ2v) is 7.35. The molecule has 0 saturated carbocycles. The molecule has 1 aromatic rings. The molecular weight excluding hydrogens is 322 g/mol. The highest BCUT2D eigenvalue weighted by Crippen LogP contribution is 2.43. The molecule has 24 heavy (non-hydrogen) atoms. The average molecular weight is 343 g/mol. The number of amidine groups is 1. The third-order valence-corrected chi connectivity index (χ3v) is 5.76. The Bertz CT molecular complexity index is 716. The Labute approximate surface area is 146 Å². The third kappa shape index (κ3) is 2.90. The number of nitrogens with one attached hydrogen (secondary N) is 1. The molecule has 0 fully saturated rings. The van der Waals surface area contributed by atoms with Gasteiger partial charge in [0, 0.05) is 10.9 Å². The molecule has 1 N–H and O–H groups in total. The summed E-state index contributed by atoms with van der Waals surface area (Å²) in [6, 6.07) is 8.12. The Morgan fingerprint density at radius 2 is 2.21 bits per heavy atom. The molecular formula is C18H21N3O2S. The van der Waals surface area contributed by atoms with E-state index in [1.165, 1.54) is 4.91 Å². The molecule has 4 atom stereocenters. The topological polar surface area (TPSA) is 55.2 Å². The molecule has 3 aliphatic rings. The zero-order valence-electron chi connectivity index (χ0n) is 13.8. The van der Waals surface area contributed by atoms with E-state index in [9.17, 15) is 0 Å². The standard InChI is InChI=1S/C18H21N3O2S/c1-3-11(2)21-17-12-8-16(24-18(12)20-10-19-17)15-9-22-13-6-4-5-7-14(13)23-15/h4-8,10-12,15,18H,3,9H2,1-2H3,(H,19,20,21)/t11-,12+,15-,18-/m0/s1. The van der Waals surface area contributed by atoms with E-state index in [2.05, 4.69) is 30.2 Å². The molecule has 3 aliphatic heterocycles. The predicted octanol–water partition coefficient (Wildman–Crippen LogP) is 3.23. The van der Waals surface area contributed by atoms with E-state index in [4.69, 9.17) is 14.5 Å². The van der Waals surface area contributed by atoms with Gasteiger partial charge < -0.3 is 14.8 Å². The summed E-state index contributed by atoms with van der Waals surface area (Å²) in [5, 5.41) is 3.37. The zero-order chi connectivity index (χ0) is 16.5. The molecule has 0 saturated heterocycles.